The van der Waals surface area contributed by atoms with Crippen LogP contribution in [0, 0.1) is 25.2 Å². The van der Waals surface area contributed by atoms with E-state index < -0.39 is 0 Å². The Bertz CT molecular complexity index is 641. The van der Waals surface area contributed by atoms with Crippen LogP contribution in [-0.2, 0) is 0 Å². The van der Waals surface area contributed by atoms with Crippen LogP contribution in [0.2, 0.25) is 0 Å². The van der Waals surface area contributed by atoms with Crippen molar-refractivity contribution in [3.05, 3.63) is 53.0 Å². The first-order valence-corrected chi connectivity index (χ1v) is 6.55. The number of aromatic nitrogens is 2. The molecule has 1 unspecified atom stereocenters. The first kappa shape index (κ1) is 14.0. The van der Waals surface area contributed by atoms with E-state index in [1.54, 1.807) is 6.20 Å². The Balaban J connectivity index is 2.27. The second-order valence-corrected chi connectivity index (χ2v) is 5.02. The molecule has 1 aromatic heterocycles. The van der Waals surface area contributed by atoms with Crippen molar-refractivity contribution in [1.82, 2.24) is 9.97 Å². The number of rotatable bonds is 3. The molecule has 2 rings (SSSR count). The lowest BCUT2D eigenvalue weighted by Crippen LogP contribution is -2.23. The van der Waals surface area contributed by atoms with E-state index in [9.17, 15) is 0 Å². The lowest BCUT2D eigenvalue weighted by Gasteiger charge is -2.27. The van der Waals surface area contributed by atoms with E-state index in [0.29, 0.717) is 5.69 Å². The summed E-state index contributed by atoms with van der Waals surface area (Å²) in [5.74, 6) is 0.761. The molecule has 0 aliphatic rings. The second-order valence-electron chi connectivity index (χ2n) is 5.02. The van der Waals surface area contributed by atoms with Crippen molar-refractivity contribution in [3.8, 4) is 6.07 Å². The highest BCUT2D eigenvalue weighted by atomic mass is 15.2. The van der Waals surface area contributed by atoms with Crippen molar-refractivity contribution in [2.75, 3.05) is 11.9 Å². The fraction of sp³-hybridized carbons (Fsp3) is 0.312. The van der Waals surface area contributed by atoms with Crippen LogP contribution in [0.3, 0.4) is 0 Å². The zero-order chi connectivity index (χ0) is 14.7. The smallest absolute Gasteiger partial charge is 0.158 e. The summed E-state index contributed by atoms with van der Waals surface area (Å²) in [5.41, 5.74) is 4.14. The summed E-state index contributed by atoms with van der Waals surface area (Å²) >= 11 is 0. The number of nitriles is 1. The fourth-order valence-electron chi connectivity index (χ4n) is 2.26. The third-order valence-electron chi connectivity index (χ3n) is 3.57. The van der Waals surface area contributed by atoms with Gasteiger partial charge in [-0.3, -0.25) is 0 Å². The van der Waals surface area contributed by atoms with Crippen molar-refractivity contribution in [3.63, 3.8) is 0 Å². The number of benzene rings is 1. The standard InChI is InChI=1S/C16H18N4/c1-11-5-6-15(12(2)7-11)13(3)20(4)16-10-18-14(8-17)9-19-16/h5-7,9-10,13H,1-4H3. The van der Waals surface area contributed by atoms with Gasteiger partial charge in [0.05, 0.1) is 18.4 Å². The van der Waals surface area contributed by atoms with E-state index in [1.165, 1.54) is 22.9 Å². The summed E-state index contributed by atoms with van der Waals surface area (Å²) < 4.78 is 0. The van der Waals surface area contributed by atoms with Gasteiger partial charge in [-0.1, -0.05) is 23.8 Å². The third kappa shape index (κ3) is 2.77. The lowest BCUT2D eigenvalue weighted by molar-refractivity contribution is 0.721. The number of anilines is 1. The predicted molar refractivity (Wildman–Crippen MR) is 79.5 cm³/mol. The largest absolute Gasteiger partial charge is 0.352 e. The predicted octanol–water partition coefficient (Wildman–Crippen LogP) is 3.16. The van der Waals surface area contributed by atoms with E-state index in [2.05, 4.69) is 53.8 Å². The third-order valence-corrected chi connectivity index (χ3v) is 3.57. The van der Waals surface area contributed by atoms with Gasteiger partial charge in [0.2, 0.25) is 0 Å². The molecule has 102 valence electrons. The van der Waals surface area contributed by atoms with Gasteiger partial charge in [-0.15, -0.1) is 0 Å². The molecule has 0 aliphatic heterocycles. The molecule has 0 spiro atoms. The van der Waals surface area contributed by atoms with E-state index in [4.69, 9.17) is 5.26 Å². The Morgan fingerprint density at radius 2 is 1.95 bits per heavy atom. The molecule has 2 aromatic rings. The maximum absolute atomic E-state index is 8.75. The van der Waals surface area contributed by atoms with Gasteiger partial charge in [0.1, 0.15) is 11.9 Å². The Labute approximate surface area is 119 Å². The molecule has 0 amide bonds. The Kier molecular flexibility index (Phi) is 3.99. The van der Waals surface area contributed by atoms with Gasteiger partial charge >= 0.3 is 0 Å². The maximum Gasteiger partial charge on any atom is 0.158 e. The topological polar surface area (TPSA) is 52.8 Å². The highest BCUT2D eigenvalue weighted by molar-refractivity contribution is 5.42. The zero-order valence-electron chi connectivity index (χ0n) is 12.3. The summed E-state index contributed by atoms with van der Waals surface area (Å²) in [6, 6.07) is 8.63. The monoisotopic (exact) mass is 266 g/mol. The van der Waals surface area contributed by atoms with Gasteiger partial charge in [0.25, 0.3) is 0 Å². The van der Waals surface area contributed by atoms with Gasteiger partial charge in [-0.2, -0.15) is 5.26 Å². The molecule has 20 heavy (non-hydrogen) atoms. The molecule has 4 nitrogen and oxygen atoms in total. The maximum atomic E-state index is 8.75. The van der Waals surface area contributed by atoms with Crippen LogP contribution in [0.5, 0.6) is 0 Å². The van der Waals surface area contributed by atoms with E-state index in [0.717, 1.165) is 5.82 Å². The molecule has 0 aliphatic carbocycles. The highest BCUT2D eigenvalue weighted by Gasteiger charge is 2.15. The average Bonchev–Trinajstić information content (AvgIpc) is 2.46. The van der Waals surface area contributed by atoms with Crippen molar-refractivity contribution < 1.29 is 0 Å². The minimum atomic E-state index is 0.192. The molecule has 0 saturated carbocycles. The van der Waals surface area contributed by atoms with Crippen LogP contribution in [0.25, 0.3) is 0 Å². The molecule has 0 saturated heterocycles. The minimum absolute atomic E-state index is 0.192. The van der Waals surface area contributed by atoms with E-state index in [1.807, 2.05) is 13.1 Å². The van der Waals surface area contributed by atoms with Gasteiger partial charge in [0, 0.05) is 7.05 Å². The van der Waals surface area contributed by atoms with Crippen LogP contribution in [0.4, 0.5) is 5.82 Å². The first-order chi connectivity index (χ1) is 9.52. The minimum Gasteiger partial charge on any atom is -0.352 e. The molecule has 4 heteroatoms. The first-order valence-electron chi connectivity index (χ1n) is 6.55. The molecule has 1 aromatic carbocycles. The van der Waals surface area contributed by atoms with Crippen LogP contribution >= 0.6 is 0 Å². The van der Waals surface area contributed by atoms with Gasteiger partial charge in [0.15, 0.2) is 5.69 Å². The summed E-state index contributed by atoms with van der Waals surface area (Å²) in [5, 5.41) is 8.75. The lowest BCUT2D eigenvalue weighted by atomic mass is 9.99. The fourth-order valence-corrected chi connectivity index (χ4v) is 2.26. The van der Waals surface area contributed by atoms with E-state index >= 15 is 0 Å². The molecule has 0 bridgehead atoms. The summed E-state index contributed by atoms with van der Waals surface area (Å²) in [6.07, 6.45) is 3.14. The molecular formula is C16H18N4. The molecule has 0 radical (unpaired) electrons. The Morgan fingerprint density at radius 1 is 1.20 bits per heavy atom. The summed E-state index contributed by atoms with van der Waals surface area (Å²) in [7, 11) is 1.99. The SMILES string of the molecule is Cc1ccc(C(C)N(C)c2cnc(C#N)cn2)c(C)c1. The second kappa shape index (κ2) is 5.70. The molecule has 1 atom stereocenters. The van der Waals surface area contributed by atoms with Gasteiger partial charge in [-0.25, -0.2) is 9.97 Å². The van der Waals surface area contributed by atoms with Crippen molar-refractivity contribution >= 4 is 5.82 Å². The average molecular weight is 266 g/mol. The van der Waals surface area contributed by atoms with Crippen LogP contribution in [0.15, 0.2) is 30.6 Å². The van der Waals surface area contributed by atoms with Crippen molar-refractivity contribution in [2.24, 2.45) is 0 Å². The van der Waals surface area contributed by atoms with Crippen molar-refractivity contribution in [2.45, 2.75) is 26.8 Å². The van der Waals surface area contributed by atoms with Crippen molar-refractivity contribution in [1.29, 1.82) is 5.26 Å². The van der Waals surface area contributed by atoms with Gasteiger partial charge in [-0.05, 0) is 31.9 Å². The number of hydrogen-bond acceptors (Lipinski definition) is 4. The normalized spacial score (nSPS) is 11.8. The Hall–Kier alpha value is -2.41. The number of aryl methyl sites for hydroxylation is 2. The summed E-state index contributed by atoms with van der Waals surface area (Å²) in [6.45, 7) is 6.35. The Morgan fingerprint density at radius 3 is 2.50 bits per heavy atom. The molecule has 1 heterocycles. The number of hydrogen-bond donors (Lipinski definition) is 0. The summed E-state index contributed by atoms with van der Waals surface area (Å²) in [4.78, 5) is 10.4. The molecule has 0 N–H and O–H groups in total. The zero-order valence-corrected chi connectivity index (χ0v) is 12.3. The molecule has 0 fully saturated rings. The highest BCUT2D eigenvalue weighted by Crippen LogP contribution is 2.26. The van der Waals surface area contributed by atoms with Crippen LogP contribution < -0.4 is 4.90 Å². The van der Waals surface area contributed by atoms with Crippen LogP contribution in [-0.4, -0.2) is 17.0 Å². The van der Waals surface area contributed by atoms with Gasteiger partial charge < -0.3 is 4.90 Å². The number of nitrogens with zero attached hydrogens (tertiary/aromatic N) is 4. The molecular weight excluding hydrogens is 248 g/mol. The van der Waals surface area contributed by atoms with Crippen LogP contribution in [0.1, 0.15) is 35.3 Å². The quantitative estimate of drug-likeness (QED) is 0.856. The van der Waals surface area contributed by atoms with E-state index in [-0.39, 0.29) is 6.04 Å².